The zero-order valence-electron chi connectivity index (χ0n) is 14.5. The van der Waals surface area contributed by atoms with Gasteiger partial charge in [0.15, 0.2) is 0 Å². The normalized spacial score (nSPS) is 17.6. The fourth-order valence-corrected chi connectivity index (χ4v) is 3.14. The lowest BCUT2D eigenvalue weighted by molar-refractivity contribution is -0.140. The Hall–Kier alpha value is -2.17. The summed E-state index contributed by atoms with van der Waals surface area (Å²) in [6.45, 7) is 3.93. The van der Waals surface area contributed by atoms with E-state index in [0.717, 1.165) is 31.3 Å². The van der Waals surface area contributed by atoms with Crippen molar-refractivity contribution in [2.45, 2.75) is 52.0 Å². The molecule has 1 atom stereocenters. The molecule has 0 spiro atoms. The number of nitrogens with zero attached hydrogens (tertiary/aromatic N) is 1. The number of methoxy groups -OCH3 is 1. The van der Waals surface area contributed by atoms with Crippen LogP contribution in [0.4, 0.5) is 10.1 Å². The van der Waals surface area contributed by atoms with Crippen molar-refractivity contribution in [2.75, 3.05) is 12.0 Å². The third-order valence-electron chi connectivity index (χ3n) is 4.48. The van der Waals surface area contributed by atoms with Crippen molar-refractivity contribution in [2.24, 2.45) is 0 Å². The van der Waals surface area contributed by atoms with Crippen molar-refractivity contribution in [3.8, 4) is 0 Å². The highest BCUT2D eigenvalue weighted by atomic mass is 19.1. The SMILES string of the molecule is CCCCCC1=C(C)C(=O)N(c2ccc(F)cc2)C1CC(=O)OC. The molecule has 4 nitrogen and oxygen atoms in total. The molecule has 1 aromatic carbocycles. The predicted molar refractivity (Wildman–Crippen MR) is 91.1 cm³/mol. The second kappa shape index (κ2) is 8.08. The molecule has 1 unspecified atom stereocenters. The van der Waals surface area contributed by atoms with Crippen LogP contribution in [0.15, 0.2) is 35.4 Å². The van der Waals surface area contributed by atoms with Crippen LogP contribution in [0.5, 0.6) is 0 Å². The molecule has 1 aliphatic heterocycles. The van der Waals surface area contributed by atoms with Gasteiger partial charge in [0.25, 0.3) is 5.91 Å². The standard InChI is InChI=1S/C19H24FNO3/c1-4-5-6-7-16-13(2)19(23)21(17(16)12-18(22)24-3)15-10-8-14(20)9-11-15/h8-11,17H,4-7,12H2,1-3H3. The van der Waals surface area contributed by atoms with E-state index in [9.17, 15) is 14.0 Å². The number of esters is 1. The summed E-state index contributed by atoms with van der Waals surface area (Å²) >= 11 is 0. The van der Waals surface area contributed by atoms with E-state index in [-0.39, 0.29) is 30.2 Å². The van der Waals surface area contributed by atoms with E-state index in [0.29, 0.717) is 11.3 Å². The molecule has 130 valence electrons. The van der Waals surface area contributed by atoms with Gasteiger partial charge < -0.3 is 9.64 Å². The highest BCUT2D eigenvalue weighted by Crippen LogP contribution is 2.35. The minimum Gasteiger partial charge on any atom is -0.469 e. The van der Waals surface area contributed by atoms with Crippen LogP contribution >= 0.6 is 0 Å². The molecule has 1 aromatic rings. The number of rotatable bonds is 7. The first-order valence-electron chi connectivity index (χ1n) is 8.35. The Labute approximate surface area is 142 Å². The molecule has 0 fully saturated rings. The van der Waals surface area contributed by atoms with E-state index in [1.165, 1.54) is 19.2 Å². The summed E-state index contributed by atoms with van der Waals surface area (Å²) in [4.78, 5) is 26.2. The minimum absolute atomic E-state index is 0.110. The van der Waals surface area contributed by atoms with Crippen molar-refractivity contribution >= 4 is 17.6 Å². The quantitative estimate of drug-likeness (QED) is 0.560. The molecule has 5 heteroatoms. The number of hydrogen-bond donors (Lipinski definition) is 0. The number of ether oxygens (including phenoxy) is 1. The average molecular weight is 333 g/mol. The molecule has 1 heterocycles. The first-order chi connectivity index (χ1) is 11.5. The zero-order chi connectivity index (χ0) is 17.7. The van der Waals surface area contributed by atoms with E-state index in [1.54, 1.807) is 24.0 Å². The summed E-state index contributed by atoms with van der Waals surface area (Å²) < 4.78 is 18.0. The molecule has 0 radical (unpaired) electrons. The Balaban J connectivity index is 2.33. The van der Waals surface area contributed by atoms with Crippen molar-refractivity contribution in [1.29, 1.82) is 0 Å². The van der Waals surface area contributed by atoms with E-state index in [1.807, 2.05) is 0 Å². The fraction of sp³-hybridized carbons (Fsp3) is 0.474. The summed E-state index contributed by atoms with van der Waals surface area (Å²) in [5, 5.41) is 0. The van der Waals surface area contributed by atoms with Gasteiger partial charge in [-0.3, -0.25) is 9.59 Å². The summed E-state index contributed by atoms with van der Waals surface area (Å²) in [5.74, 6) is -0.840. The summed E-state index contributed by atoms with van der Waals surface area (Å²) in [6, 6.07) is 5.43. The van der Waals surface area contributed by atoms with Crippen LogP contribution in [-0.4, -0.2) is 25.0 Å². The molecular weight excluding hydrogens is 309 g/mol. The largest absolute Gasteiger partial charge is 0.469 e. The number of benzene rings is 1. The molecule has 24 heavy (non-hydrogen) atoms. The summed E-state index contributed by atoms with van der Waals surface area (Å²) in [5.41, 5.74) is 2.27. The van der Waals surface area contributed by atoms with Gasteiger partial charge >= 0.3 is 5.97 Å². The Kier molecular flexibility index (Phi) is 6.12. The highest BCUT2D eigenvalue weighted by molar-refractivity contribution is 6.10. The average Bonchev–Trinajstić information content (AvgIpc) is 2.80. The van der Waals surface area contributed by atoms with E-state index < -0.39 is 0 Å². The molecule has 2 rings (SSSR count). The number of halogens is 1. The Morgan fingerprint density at radius 2 is 1.92 bits per heavy atom. The smallest absolute Gasteiger partial charge is 0.307 e. The van der Waals surface area contributed by atoms with Gasteiger partial charge in [-0.2, -0.15) is 0 Å². The molecule has 0 bridgehead atoms. The van der Waals surface area contributed by atoms with Crippen LogP contribution in [-0.2, 0) is 14.3 Å². The number of hydrogen-bond acceptors (Lipinski definition) is 3. The van der Waals surface area contributed by atoms with Crippen LogP contribution in [0.25, 0.3) is 0 Å². The Morgan fingerprint density at radius 1 is 1.25 bits per heavy atom. The number of carbonyl (C=O) groups excluding carboxylic acids is 2. The molecule has 0 N–H and O–H groups in total. The Bertz CT molecular complexity index is 637. The molecule has 0 saturated carbocycles. The van der Waals surface area contributed by atoms with Crippen LogP contribution < -0.4 is 4.90 Å². The zero-order valence-corrected chi connectivity index (χ0v) is 14.5. The van der Waals surface area contributed by atoms with Gasteiger partial charge in [-0.1, -0.05) is 19.8 Å². The Morgan fingerprint density at radius 3 is 2.50 bits per heavy atom. The number of unbranched alkanes of at least 4 members (excludes halogenated alkanes) is 2. The first kappa shape index (κ1) is 18.2. The highest BCUT2D eigenvalue weighted by Gasteiger charge is 2.38. The van der Waals surface area contributed by atoms with Crippen LogP contribution in [0, 0.1) is 5.82 Å². The van der Waals surface area contributed by atoms with E-state index >= 15 is 0 Å². The van der Waals surface area contributed by atoms with Gasteiger partial charge in [-0.05, 0) is 49.6 Å². The van der Waals surface area contributed by atoms with Crippen molar-refractivity contribution in [3.63, 3.8) is 0 Å². The van der Waals surface area contributed by atoms with Crippen LogP contribution in [0.1, 0.15) is 46.0 Å². The van der Waals surface area contributed by atoms with Crippen molar-refractivity contribution in [3.05, 3.63) is 41.2 Å². The molecule has 0 aromatic heterocycles. The van der Waals surface area contributed by atoms with Gasteiger partial charge in [0.2, 0.25) is 0 Å². The van der Waals surface area contributed by atoms with Gasteiger partial charge in [0, 0.05) is 11.3 Å². The summed E-state index contributed by atoms with van der Waals surface area (Å²) in [6.07, 6.45) is 4.03. The van der Waals surface area contributed by atoms with Crippen LogP contribution in [0.3, 0.4) is 0 Å². The van der Waals surface area contributed by atoms with Gasteiger partial charge in [0.05, 0.1) is 19.6 Å². The maximum Gasteiger partial charge on any atom is 0.307 e. The topological polar surface area (TPSA) is 46.6 Å². The minimum atomic E-state index is -0.359. The van der Waals surface area contributed by atoms with Crippen molar-refractivity contribution < 1.29 is 18.7 Å². The molecule has 1 aliphatic rings. The maximum atomic E-state index is 13.2. The van der Waals surface area contributed by atoms with Crippen LogP contribution in [0.2, 0.25) is 0 Å². The molecule has 0 aliphatic carbocycles. The molecule has 0 saturated heterocycles. The van der Waals surface area contributed by atoms with Gasteiger partial charge in [-0.15, -0.1) is 0 Å². The second-order valence-corrected chi connectivity index (χ2v) is 6.05. The fourth-order valence-electron chi connectivity index (χ4n) is 3.14. The third kappa shape index (κ3) is 3.83. The monoisotopic (exact) mass is 333 g/mol. The lowest BCUT2D eigenvalue weighted by Crippen LogP contribution is -2.37. The number of anilines is 1. The predicted octanol–water partition coefficient (Wildman–Crippen LogP) is 4.00. The summed E-state index contributed by atoms with van der Waals surface area (Å²) in [7, 11) is 1.34. The third-order valence-corrected chi connectivity index (χ3v) is 4.48. The number of carbonyl (C=O) groups is 2. The van der Waals surface area contributed by atoms with Crippen molar-refractivity contribution in [1.82, 2.24) is 0 Å². The second-order valence-electron chi connectivity index (χ2n) is 6.05. The number of amides is 1. The van der Waals surface area contributed by atoms with Gasteiger partial charge in [-0.25, -0.2) is 4.39 Å². The first-order valence-corrected chi connectivity index (χ1v) is 8.35. The van der Waals surface area contributed by atoms with E-state index in [2.05, 4.69) is 6.92 Å². The maximum absolute atomic E-state index is 13.2. The lowest BCUT2D eigenvalue weighted by Gasteiger charge is -2.27. The van der Waals surface area contributed by atoms with E-state index in [4.69, 9.17) is 4.74 Å². The molecule has 1 amide bonds. The lowest BCUT2D eigenvalue weighted by atomic mass is 9.96. The molecular formula is C19H24FNO3. The van der Waals surface area contributed by atoms with Gasteiger partial charge in [0.1, 0.15) is 5.82 Å².